The molecule has 1 amide bonds. The SMILES string of the molecule is O=C(CCN1CCCC1c1ccsc1)NC1CCCc2ccccc21. The van der Waals surface area contributed by atoms with Gasteiger partial charge in [0.2, 0.25) is 5.91 Å². The van der Waals surface area contributed by atoms with E-state index in [1.807, 2.05) is 0 Å². The first-order valence-electron chi connectivity index (χ1n) is 9.44. The number of thiophene rings is 1. The maximum atomic E-state index is 12.5. The normalized spacial score (nSPS) is 23.4. The minimum atomic E-state index is 0.192. The number of hydrogen-bond donors (Lipinski definition) is 1. The third-order valence-electron chi connectivity index (χ3n) is 5.62. The Morgan fingerprint density at radius 1 is 1.20 bits per heavy atom. The van der Waals surface area contributed by atoms with E-state index < -0.39 is 0 Å². The van der Waals surface area contributed by atoms with Crippen LogP contribution in [0.1, 0.15) is 60.9 Å². The maximum absolute atomic E-state index is 12.5. The molecule has 3 nitrogen and oxygen atoms in total. The molecule has 0 spiro atoms. The highest BCUT2D eigenvalue weighted by molar-refractivity contribution is 7.07. The molecule has 4 rings (SSSR count). The summed E-state index contributed by atoms with van der Waals surface area (Å²) in [6, 6.07) is 11.5. The Kier molecular flexibility index (Phi) is 5.18. The molecule has 1 aliphatic carbocycles. The summed E-state index contributed by atoms with van der Waals surface area (Å²) < 4.78 is 0. The lowest BCUT2D eigenvalue weighted by molar-refractivity contribution is -0.122. The van der Waals surface area contributed by atoms with Crippen molar-refractivity contribution < 1.29 is 4.79 Å². The second-order valence-electron chi connectivity index (χ2n) is 7.21. The molecular formula is C21H26N2OS. The van der Waals surface area contributed by atoms with Gasteiger partial charge in [-0.05, 0) is 72.2 Å². The Morgan fingerprint density at radius 3 is 3.00 bits per heavy atom. The van der Waals surface area contributed by atoms with Crippen molar-refractivity contribution in [3.05, 3.63) is 57.8 Å². The molecule has 0 radical (unpaired) electrons. The molecule has 1 aromatic heterocycles. The smallest absolute Gasteiger partial charge is 0.221 e. The molecular weight excluding hydrogens is 328 g/mol. The molecule has 25 heavy (non-hydrogen) atoms. The third kappa shape index (κ3) is 3.80. The predicted octanol–water partition coefficient (Wildman–Crippen LogP) is 4.47. The van der Waals surface area contributed by atoms with Crippen LogP contribution in [-0.2, 0) is 11.2 Å². The summed E-state index contributed by atoms with van der Waals surface area (Å²) in [7, 11) is 0. The van der Waals surface area contributed by atoms with Crippen LogP contribution in [0.5, 0.6) is 0 Å². The molecule has 0 bridgehead atoms. The first-order chi connectivity index (χ1) is 12.3. The van der Waals surface area contributed by atoms with Gasteiger partial charge in [0.25, 0.3) is 0 Å². The predicted molar refractivity (Wildman–Crippen MR) is 103 cm³/mol. The van der Waals surface area contributed by atoms with Crippen LogP contribution < -0.4 is 5.32 Å². The second-order valence-corrected chi connectivity index (χ2v) is 7.99. The molecule has 2 atom stereocenters. The van der Waals surface area contributed by atoms with Gasteiger partial charge in [0.1, 0.15) is 0 Å². The number of fused-ring (bicyclic) bond motifs is 1. The van der Waals surface area contributed by atoms with E-state index in [4.69, 9.17) is 0 Å². The Labute approximate surface area is 154 Å². The van der Waals surface area contributed by atoms with Crippen LogP contribution in [0.15, 0.2) is 41.1 Å². The van der Waals surface area contributed by atoms with Gasteiger partial charge >= 0.3 is 0 Å². The largest absolute Gasteiger partial charge is 0.349 e. The van der Waals surface area contributed by atoms with E-state index in [0.29, 0.717) is 12.5 Å². The second kappa shape index (κ2) is 7.71. The van der Waals surface area contributed by atoms with E-state index in [-0.39, 0.29) is 11.9 Å². The molecule has 2 aliphatic rings. The Bertz CT molecular complexity index is 712. The summed E-state index contributed by atoms with van der Waals surface area (Å²) in [6.07, 6.45) is 6.41. The van der Waals surface area contributed by atoms with E-state index in [9.17, 15) is 4.79 Å². The van der Waals surface area contributed by atoms with Gasteiger partial charge in [-0.3, -0.25) is 9.69 Å². The van der Waals surface area contributed by atoms with Gasteiger partial charge < -0.3 is 5.32 Å². The highest BCUT2D eigenvalue weighted by atomic mass is 32.1. The molecule has 1 saturated heterocycles. The van der Waals surface area contributed by atoms with Crippen molar-refractivity contribution in [3.8, 4) is 0 Å². The first kappa shape index (κ1) is 16.8. The zero-order valence-corrected chi connectivity index (χ0v) is 15.4. The van der Waals surface area contributed by atoms with E-state index in [0.717, 1.165) is 32.4 Å². The van der Waals surface area contributed by atoms with E-state index in [1.165, 1.54) is 29.5 Å². The Hall–Kier alpha value is -1.65. The number of carbonyl (C=O) groups is 1. The standard InChI is InChI=1S/C21H26N2OS/c24-21(22-19-8-3-6-16-5-1-2-7-18(16)19)10-13-23-12-4-9-20(23)17-11-14-25-15-17/h1-2,5,7,11,14-15,19-20H,3-4,6,8-10,12-13H2,(H,22,24). The molecule has 2 unspecified atom stereocenters. The first-order valence-corrected chi connectivity index (χ1v) is 10.4. The number of carbonyl (C=O) groups excluding carboxylic acids is 1. The number of likely N-dealkylation sites (tertiary alicyclic amines) is 1. The van der Waals surface area contributed by atoms with E-state index >= 15 is 0 Å². The van der Waals surface area contributed by atoms with Gasteiger partial charge in [0, 0.05) is 19.0 Å². The van der Waals surface area contributed by atoms with Crippen LogP contribution in [0, 0.1) is 0 Å². The molecule has 2 aromatic rings. The molecule has 1 fully saturated rings. The van der Waals surface area contributed by atoms with Gasteiger partial charge in [-0.2, -0.15) is 11.3 Å². The van der Waals surface area contributed by atoms with Crippen molar-refractivity contribution in [3.63, 3.8) is 0 Å². The van der Waals surface area contributed by atoms with Crippen LogP contribution in [0.4, 0.5) is 0 Å². The number of amides is 1. The van der Waals surface area contributed by atoms with Gasteiger partial charge in [-0.15, -0.1) is 0 Å². The minimum Gasteiger partial charge on any atom is -0.349 e. The van der Waals surface area contributed by atoms with Gasteiger partial charge in [0.15, 0.2) is 0 Å². The average molecular weight is 355 g/mol. The Balaban J connectivity index is 1.33. The summed E-state index contributed by atoms with van der Waals surface area (Å²) in [4.78, 5) is 15.0. The van der Waals surface area contributed by atoms with Crippen molar-refractivity contribution in [2.24, 2.45) is 0 Å². The minimum absolute atomic E-state index is 0.192. The van der Waals surface area contributed by atoms with E-state index in [1.54, 1.807) is 11.3 Å². The zero-order chi connectivity index (χ0) is 17.1. The Morgan fingerprint density at radius 2 is 2.12 bits per heavy atom. The third-order valence-corrected chi connectivity index (χ3v) is 6.32. The fourth-order valence-corrected chi connectivity index (χ4v) is 5.06. The molecule has 0 saturated carbocycles. The maximum Gasteiger partial charge on any atom is 0.221 e. The zero-order valence-electron chi connectivity index (χ0n) is 14.6. The van der Waals surface area contributed by atoms with Crippen LogP contribution in [0.3, 0.4) is 0 Å². The summed E-state index contributed by atoms with van der Waals surface area (Å²) in [5.74, 6) is 0.192. The van der Waals surface area contributed by atoms with Crippen molar-refractivity contribution in [2.45, 2.75) is 50.6 Å². The molecule has 4 heteroatoms. The quantitative estimate of drug-likeness (QED) is 0.859. The molecule has 2 heterocycles. The number of rotatable bonds is 5. The fourth-order valence-electron chi connectivity index (χ4n) is 4.35. The summed E-state index contributed by atoms with van der Waals surface area (Å²) in [5, 5.41) is 7.69. The number of hydrogen-bond acceptors (Lipinski definition) is 3. The molecule has 1 aromatic carbocycles. The summed E-state index contributed by atoms with van der Waals surface area (Å²) >= 11 is 1.76. The van der Waals surface area contributed by atoms with Crippen molar-refractivity contribution >= 4 is 17.2 Å². The van der Waals surface area contributed by atoms with Crippen LogP contribution in [0.2, 0.25) is 0 Å². The number of nitrogens with one attached hydrogen (secondary N) is 1. The summed E-state index contributed by atoms with van der Waals surface area (Å²) in [5.41, 5.74) is 4.14. The van der Waals surface area contributed by atoms with Crippen molar-refractivity contribution in [2.75, 3.05) is 13.1 Å². The lowest BCUT2D eigenvalue weighted by Crippen LogP contribution is -2.34. The number of aryl methyl sites for hydroxylation is 1. The van der Waals surface area contributed by atoms with Gasteiger partial charge in [0.05, 0.1) is 6.04 Å². The summed E-state index contributed by atoms with van der Waals surface area (Å²) in [6.45, 7) is 1.97. The van der Waals surface area contributed by atoms with Gasteiger partial charge in [-0.25, -0.2) is 0 Å². The highest BCUT2D eigenvalue weighted by Crippen LogP contribution is 2.33. The van der Waals surface area contributed by atoms with Crippen molar-refractivity contribution in [1.82, 2.24) is 10.2 Å². The number of nitrogens with zero attached hydrogens (tertiary/aromatic N) is 1. The lowest BCUT2D eigenvalue weighted by Gasteiger charge is -2.27. The fraction of sp³-hybridized carbons (Fsp3) is 0.476. The lowest BCUT2D eigenvalue weighted by atomic mass is 9.87. The van der Waals surface area contributed by atoms with Crippen LogP contribution in [-0.4, -0.2) is 23.9 Å². The molecule has 1 N–H and O–H groups in total. The topological polar surface area (TPSA) is 32.3 Å². The van der Waals surface area contributed by atoms with Crippen LogP contribution >= 0.6 is 11.3 Å². The highest BCUT2D eigenvalue weighted by Gasteiger charge is 2.27. The van der Waals surface area contributed by atoms with E-state index in [2.05, 4.69) is 51.3 Å². The average Bonchev–Trinajstić information content (AvgIpc) is 3.31. The van der Waals surface area contributed by atoms with Gasteiger partial charge in [-0.1, -0.05) is 24.3 Å². The monoisotopic (exact) mass is 354 g/mol. The van der Waals surface area contributed by atoms with Crippen LogP contribution in [0.25, 0.3) is 0 Å². The van der Waals surface area contributed by atoms with Crippen molar-refractivity contribution in [1.29, 1.82) is 0 Å². The molecule has 1 aliphatic heterocycles. The number of benzene rings is 1. The molecule has 132 valence electrons.